The van der Waals surface area contributed by atoms with Crippen molar-refractivity contribution in [1.82, 2.24) is 0 Å². The Morgan fingerprint density at radius 3 is 1.95 bits per heavy atom. The van der Waals surface area contributed by atoms with Gasteiger partial charge in [-0.2, -0.15) is 39.5 Å². The van der Waals surface area contributed by atoms with Crippen molar-refractivity contribution in [2.24, 2.45) is 23.2 Å². The van der Waals surface area contributed by atoms with Crippen molar-refractivity contribution in [1.29, 1.82) is 0 Å². The lowest BCUT2D eigenvalue weighted by molar-refractivity contribution is -0.457. The molecule has 0 bridgehead atoms. The molecule has 3 aliphatic carbocycles. The number of aryl methyl sites for hydroxylation is 1. The van der Waals surface area contributed by atoms with Crippen LogP contribution in [0.3, 0.4) is 0 Å². The number of alkyl halides is 9. The second-order valence-electron chi connectivity index (χ2n) is 16.0. The number of aliphatic hydroxyl groups is 2. The van der Waals surface area contributed by atoms with Gasteiger partial charge in [0.25, 0.3) is 0 Å². The first-order valence-electron chi connectivity index (χ1n) is 21.2. The number of benzene rings is 1. The van der Waals surface area contributed by atoms with Gasteiger partial charge < -0.3 is 38.6 Å². The van der Waals surface area contributed by atoms with E-state index in [9.17, 15) is 39.5 Å². The predicted molar refractivity (Wildman–Crippen MR) is 218 cm³/mol. The van der Waals surface area contributed by atoms with Crippen LogP contribution in [0.2, 0.25) is 0 Å². The van der Waals surface area contributed by atoms with Crippen molar-refractivity contribution < 1.29 is 78.1 Å². The van der Waals surface area contributed by atoms with Crippen LogP contribution in [0.4, 0.5) is 39.5 Å². The van der Waals surface area contributed by atoms with Crippen LogP contribution >= 0.6 is 21.6 Å². The second kappa shape index (κ2) is 26.1. The Morgan fingerprint density at radius 1 is 0.754 bits per heavy atom. The molecule has 0 amide bonds. The number of aliphatic hydroxyl groups excluding tert-OH is 2. The van der Waals surface area contributed by atoms with Gasteiger partial charge in [0.2, 0.25) is 0 Å². The maximum Gasteiger partial charge on any atom is 0.435 e. The van der Waals surface area contributed by atoms with Gasteiger partial charge in [0.15, 0.2) is 0 Å². The molecule has 5 atom stereocenters. The molecule has 0 aromatic heterocycles. The standard InChI is InChI=1S/C39H57F9O7S2.C3H8O/c1-35-14-13-31-30-10-8-29(53-17-3-2-15-51-20-22-56-57-23-21-52-16-4-6-27(25-49)26-50)24-28(30)7-9-32(31)33(35)11-12-34(35)54-18-5-19-55-36(37(40,41)42,38(43,44)45)39(46,47)48;1-3-4-2/h8,10,24,27,31-34,49-50H,2-7,9,11-23,25-26H2,1H3;3H2,1-2H3. The fraction of sp³-hybridized carbons (Fsp3) is 0.857. The van der Waals surface area contributed by atoms with Crippen molar-refractivity contribution in [2.75, 3.05) is 84.7 Å². The number of hydrogen-bond acceptors (Lipinski definition) is 10. The van der Waals surface area contributed by atoms with Gasteiger partial charge in [0.05, 0.1) is 32.5 Å². The van der Waals surface area contributed by atoms with Crippen molar-refractivity contribution in [3.8, 4) is 5.75 Å². The molecule has 2 saturated carbocycles. The fourth-order valence-electron chi connectivity index (χ4n) is 8.83. The van der Waals surface area contributed by atoms with E-state index in [2.05, 4.69) is 28.5 Å². The van der Waals surface area contributed by atoms with Crippen molar-refractivity contribution in [3.63, 3.8) is 0 Å². The number of fused-ring (bicyclic) bond motifs is 5. The lowest BCUT2D eigenvalue weighted by atomic mass is 9.55. The van der Waals surface area contributed by atoms with Gasteiger partial charge in [-0.1, -0.05) is 34.6 Å². The quantitative estimate of drug-likeness (QED) is 0.0531. The first-order chi connectivity index (χ1) is 28.9. The average Bonchev–Trinajstić information content (AvgIpc) is 3.54. The number of hydrogen-bond donors (Lipinski definition) is 2. The van der Waals surface area contributed by atoms with Crippen LogP contribution in [-0.2, 0) is 30.1 Å². The topological polar surface area (TPSA) is 95.8 Å². The molecule has 61 heavy (non-hydrogen) atoms. The van der Waals surface area contributed by atoms with E-state index in [0.29, 0.717) is 57.2 Å². The largest absolute Gasteiger partial charge is 0.494 e. The molecule has 19 heteroatoms. The summed E-state index contributed by atoms with van der Waals surface area (Å²) in [6.45, 7) is 6.37. The zero-order valence-electron chi connectivity index (χ0n) is 35.4. The van der Waals surface area contributed by atoms with Crippen LogP contribution in [-0.4, -0.2) is 125 Å². The molecule has 0 aliphatic heterocycles. The Kier molecular flexibility index (Phi) is 23.1. The minimum absolute atomic E-state index is 0.00101. The smallest absolute Gasteiger partial charge is 0.435 e. The van der Waals surface area contributed by atoms with Crippen LogP contribution in [0.5, 0.6) is 5.75 Å². The van der Waals surface area contributed by atoms with Crippen LogP contribution in [0.15, 0.2) is 18.2 Å². The van der Waals surface area contributed by atoms with E-state index in [-0.39, 0.29) is 37.3 Å². The van der Waals surface area contributed by atoms with E-state index in [1.54, 1.807) is 28.7 Å². The van der Waals surface area contributed by atoms with Crippen LogP contribution in [0.1, 0.15) is 95.1 Å². The first kappa shape index (κ1) is 54.1. The molecule has 3 aliphatic rings. The Morgan fingerprint density at radius 2 is 1.36 bits per heavy atom. The van der Waals surface area contributed by atoms with Crippen molar-refractivity contribution >= 4 is 21.6 Å². The summed E-state index contributed by atoms with van der Waals surface area (Å²) in [7, 11) is 5.19. The molecule has 8 nitrogen and oxygen atoms in total. The summed E-state index contributed by atoms with van der Waals surface area (Å²) in [4.78, 5) is 0. The molecule has 1 aromatic rings. The van der Waals surface area contributed by atoms with Crippen molar-refractivity contribution in [3.05, 3.63) is 29.3 Å². The van der Waals surface area contributed by atoms with E-state index in [4.69, 9.17) is 29.2 Å². The summed E-state index contributed by atoms with van der Waals surface area (Å²) in [5, 5.41) is 18.1. The Balaban J connectivity index is 0.00000237. The minimum atomic E-state index is -6.74. The highest BCUT2D eigenvalue weighted by molar-refractivity contribution is 8.76. The van der Waals surface area contributed by atoms with E-state index < -0.39 is 37.2 Å². The molecule has 0 radical (unpaired) electrons. The SMILES string of the molecule is CC12CCC3c4ccc(OCCCCOCCSSCCOCCCC(CO)CO)cc4CCC3C1CCC2OCCCOC(C(F)(F)F)(C(F)(F)F)C(F)(F)F.CCOC. The zero-order chi connectivity index (χ0) is 45.2. The molecule has 356 valence electrons. The monoisotopic (exact) mass is 932 g/mol. The molecular formula is C42H65F9O8S2. The van der Waals surface area contributed by atoms with Gasteiger partial charge in [-0.15, -0.1) is 0 Å². The van der Waals surface area contributed by atoms with Crippen LogP contribution < -0.4 is 4.74 Å². The first-order valence-corrected chi connectivity index (χ1v) is 23.7. The molecule has 2 fully saturated rings. The lowest BCUT2D eigenvalue weighted by Gasteiger charge is -2.50. The number of ether oxygens (including phenoxy) is 6. The third-order valence-electron chi connectivity index (χ3n) is 12.1. The zero-order valence-corrected chi connectivity index (χ0v) is 37.1. The summed E-state index contributed by atoms with van der Waals surface area (Å²) in [5.74, 6) is 3.59. The van der Waals surface area contributed by atoms with Crippen LogP contribution in [0, 0.1) is 23.2 Å². The molecule has 1 aromatic carbocycles. The van der Waals surface area contributed by atoms with E-state index >= 15 is 0 Å². The van der Waals surface area contributed by atoms with Gasteiger partial charge in [-0.3, -0.25) is 0 Å². The summed E-state index contributed by atoms with van der Waals surface area (Å²) in [6.07, 6.45) is -12.7. The normalized spacial score (nSPS) is 23.0. The molecule has 4 rings (SSSR count). The number of unbranched alkanes of at least 4 members (excludes halogenated alkanes) is 1. The highest BCUT2D eigenvalue weighted by Gasteiger charge is 2.85. The van der Waals surface area contributed by atoms with Crippen molar-refractivity contribution in [2.45, 2.75) is 121 Å². The van der Waals surface area contributed by atoms with Gasteiger partial charge >= 0.3 is 24.1 Å². The average molecular weight is 933 g/mol. The Labute approximate surface area is 362 Å². The highest BCUT2D eigenvalue weighted by Crippen LogP contribution is 2.62. The molecular weight excluding hydrogens is 868 g/mol. The summed E-state index contributed by atoms with van der Waals surface area (Å²) in [5.41, 5.74) is -3.94. The van der Waals surface area contributed by atoms with Gasteiger partial charge in [0.1, 0.15) is 5.75 Å². The van der Waals surface area contributed by atoms with E-state index in [0.717, 1.165) is 81.6 Å². The third kappa shape index (κ3) is 15.2. The minimum Gasteiger partial charge on any atom is -0.494 e. The van der Waals surface area contributed by atoms with E-state index in [1.165, 1.54) is 11.1 Å². The fourth-order valence-corrected chi connectivity index (χ4v) is 10.6. The Hall–Kier alpha value is -1.19. The summed E-state index contributed by atoms with van der Waals surface area (Å²) >= 11 is 0. The number of halogens is 9. The number of rotatable bonds is 26. The maximum atomic E-state index is 13.2. The molecule has 0 saturated heterocycles. The molecule has 0 spiro atoms. The van der Waals surface area contributed by atoms with Gasteiger partial charge in [-0.05, 0) is 124 Å². The Bertz CT molecular complexity index is 1330. The molecule has 2 N–H and O–H groups in total. The summed E-state index contributed by atoms with van der Waals surface area (Å²) in [6, 6.07) is 6.31. The molecule has 0 heterocycles. The highest BCUT2D eigenvalue weighted by atomic mass is 33.1. The third-order valence-corrected chi connectivity index (χ3v) is 14.4. The van der Waals surface area contributed by atoms with Gasteiger partial charge in [-0.25, -0.2) is 0 Å². The van der Waals surface area contributed by atoms with Crippen LogP contribution in [0.25, 0.3) is 0 Å². The van der Waals surface area contributed by atoms with E-state index in [1.807, 2.05) is 13.0 Å². The lowest BCUT2D eigenvalue weighted by Crippen LogP contribution is -2.67. The maximum absolute atomic E-state index is 13.2. The molecule has 5 unspecified atom stereocenters. The second-order valence-corrected chi connectivity index (χ2v) is 18.7. The van der Waals surface area contributed by atoms with Gasteiger partial charge in [0, 0.05) is 64.2 Å². The predicted octanol–water partition coefficient (Wildman–Crippen LogP) is 10.4. The summed E-state index contributed by atoms with van der Waals surface area (Å²) < 4.78 is 150. The number of methoxy groups -OCH3 is 1.